The zero-order valence-electron chi connectivity index (χ0n) is 9.63. The first kappa shape index (κ1) is 12.5. The highest BCUT2D eigenvalue weighted by Crippen LogP contribution is 2.21. The summed E-state index contributed by atoms with van der Waals surface area (Å²) >= 11 is 1.36. The fourth-order valence-electron chi connectivity index (χ4n) is 1.60. The normalized spacial score (nSPS) is 10.2. The first-order valence-electron chi connectivity index (χ1n) is 5.57. The maximum absolute atomic E-state index is 12.1. The number of carboxylic acids is 1. The molecule has 0 amide bonds. The van der Waals surface area contributed by atoms with Crippen molar-refractivity contribution in [3.8, 4) is 0 Å². The Bertz CT molecular complexity index is 557. The topological polar surface area (TPSA) is 54.4 Å². The summed E-state index contributed by atoms with van der Waals surface area (Å²) in [6.45, 7) is 0. The fraction of sp³-hybridized carbons (Fsp3) is 0.143. The fourth-order valence-corrected chi connectivity index (χ4v) is 2.57. The molecule has 2 rings (SSSR count). The van der Waals surface area contributed by atoms with Gasteiger partial charge in [-0.15, -0.1) is 11.3 Å². The standard InChI is InChI=1S/C14H12O3S/c15-13(16)9-7-11-6-8-12(18-11)14(17)10-4-2-1-3-5-10/h1-6,8H,7,9H2,(H,15,16). The highest BCUT2D eigenvalue weighted by atomic mass is 32.1. The van der Waals surface area contributed by atoms with Crippen LogP contribution < -0.4 is 0 Å². The third-order valence-corrected chi connectivity index (χ3v) is 3.65. The van der Waals surface area contributed by atoms with Crippen molar-refractivity contribution in [2.24, 2.45) is 0 Å². The minimum absolute atomic E-state index is 0.0119. The lowest BCUT2D eigenvalue weighted by Crippen LogP contribution is -1.97. The summed E-state index contributed by atoms with van der Waals surface area (Å²) in [5.41, 5.74) is 0.657. The zero-order chi connectivity index (χ0) is 13.0. The Morgan fingerprint density at radius 2 is 1.78 bits per heavy atom. The predicted octanol–water partition coefficient (Wildman–Crippen LogP) is 3.00. The summed E-state index contributed by atoms with van der Waals surface area (Å²) < 4.78 is 0. The van der Waals surface area contributed by atoms with E-state index in [4.69, 9.17) is 5.11 Å². The van der Waals surface area contributed by atoms with Crippen LogP contribution in [0.4, 0.5) is 0 Å². The first-order chi connectivity index (χ1) is 8.66. The van der Waals surface area contributed by atoms with Gasteiger partial charge in [0.1, 0.15) is 0 Å². The van der Waals surface area contributed by atoms with Gasteiger partial charge in [0, 0.05) is 10.4 Å². The molecule has 0 saturated heterocycles. The van der Waals surface area contributed by atoms with Gasteiger partial charge in [-0.1, -0.05) is 30.3 Å². The lowest BCUT2D eigenvalue weighted by atomic mass is 10.1. The van der Waals surface area contributed by atoms with Crippen LogP contribution in [-0.2, 0) is 11.2 Å². The Kier molecular flexibility index (Phi) is 3.89. The van der Waals surface area contributed by atoms with Crippen LogP contribution in [0.2, 0.25) is 0 Å². The van der Waals surface area contributed by atoms with Crippen LogP contribution in [0.3, 0.4) is 0 Å². The number of benzene rings is 1. The van der Waals surface area contributed by atoms with Crippen molar-refractivity contribution < 1.29 is 14.7 Å². The third kappa shape index (κ3) is 3.05. The van der Waals surface area contributed by atoms with Crippen molar-refractivity contribution in [2.45, 2.75) is 12.8 Å². The molecule has 92 valence electrons. The second kappa shape index (κ2) is 5.60. The van der Waals surface area contributed by atoms with E-state index in [1.54, 1.807) is 18.2 Å². The van der Waals surface area contributed by atoms with E-state index in [1.165, 1.54) is 11.3 Å². The zero-order valence-corrected chi connectivity index (χ0v) is 10.4. The number of ketones is 1. The molecule has 18 heavy (non-hydrogen) atoms. The summed E-state index contributed by atoms with van der Waals surface area (Å²) in [6, 6.07) is 12.7. The van der Waals surface area contributed by atoms with Gasteiger partial charge < -0.3 is 5.11 Å². The van der Waals surface area contributed by atoms with Crippen LogP contribution in [0.25, 0.3) is 0 Å². The van der Waals surface area contributed by atoms with Crippen molar-refractivity contribution >= 4 is 23.1 Å². The van der Waals surface area contributed by atoms with E-state index >= 15 is 0 Å². The number of aryl methyl sites for hydroxylation is 1. The molecule has 0 bridgehead atoms. The lowest BCUT2D eigenvalue weighted by molar-refractivity contribution is -0.136. The molecule has 0 atom stereocenters. The molecule has 0 spiro atoms. The Labute approximate surface area is 109 Å². The molecule has 0 unspecified atom stereocenters. The van der Waals surface area contributed by atoms with Crippen LogP contribution >= 0.6 is 11.3 Å². The van der Waals surface area contributed by atoms with Gasteiger partial charge in [-0.2, -0.15) is 0 Å². The van der Waals surface area contributed by atoms with Gasteiger partial charge in [0.05, 0.1) is 11.3 Å². The number of carboxylic acid groups (broad SMARTS) is 1. The van der Waals surface area contributed by atoms with E-state index in [2.05, 4.69) is 0 Å². The van der Waals surface area contributed by atoms with Crippen LogP contribution in [0.15, 0.2) is 42.5 Å². The minimum atomic E-state index is -0.820. The lowest BCUT2D eigenvalue weighted by Gasteiger charge is -1.96. The summed E-state index contributed by atoms with van der Waals surface area (Å²) in [7, 11) is 0. The van der Waals surface area contributed by atoms with Gasteiger partial charge in [-0.25, -0.2) is 0 Å². The van der Waals surface area contributed by atoms with Gasteiger partial charge >= 0.3 is 5.97 Å². The minimum Gasteiger partial charge on any atom is -0.481 e. The van der Waals surface area contributed by atoms with Crippen LogP contribution in [0.1, 0.15) is 26.5 Å². The summed E-state index contributed by atoms with van der Waals surface area (Å²) in [5.74, 6) is -0.832. The summed E-state index contributed by atoms with van der Waals surface area (Å²) in [6.07, 6.45) is 0.571. The second-order valence-electron chi connectivity index (χ2n) is 3.85. The van der Waals surface area contributed by atoms with Crippen LogP contribution in [-0.4, -0.2) is 16.9 Å². The van der Waals surface area contributed by atoms with Gasteiger partial charge in [-0.05, 0) is 18.6 Å². The van der Waals surface area contributed by atoms with Crippen LogP contribution in [0, 0.1) is 0 Å². The summed E-state index contributed by atoms with van der Waals surface area (Å²) in [5, 5.41) is 8.61. The first-order valence-corrected chi connectivity index (χ1v) is 6.39. The Hall–Kier alpha value is -1.94. The van der Waals surface area contributed by atoms with Gasteiger partial charge in [0.15, 0.2) is 0 Å². The number of thiophene rings is 1. The maximum atomic E-state index is 12.1. The molecule has 1 aromatic heterocycles. The molecule has 0 aliphatic heterocycles. The number of carbonyl (C=O) groups is 2. The van der Waals surface area contributed by atoms with E-state index in [0.29, 0.717) is 16.9 Å². The maximum Gasteiger partial charge on any atom is 0.303 e. The number of carbonyl (C=O) groups excluding carboxylic acids is 1. The van der Waals surface area contributed by atoms with Crippen molar-refractivity contribution in [3.63, 3.8) is 0 Å². The highest BCUT2D eigenvalue weighted by Gasteiger charge is 2.11. The largest absolute Gasteiger partial charge is 0.481 e. The van der Waals surface area contributed by atoms with Crippen molar-refractivity contribution in [2.75, 3.05) is 0 Å². The third-order valence-electron chi connectivity index (χ3n) is 2.51. The van der Waals surface area contributed by atoms with Crippen molar-refractivity contribution in [1.29, 1.82) is 0 Å². The van der Waals surface area contributed by atoms with E-state index < -0.39 is 5.97 Å². The molecule has 4 heteroatoms. The van der Waals surface area contributed by atoms with Crippen LogP contribution in [0.5, 0.6) is 0 Å². The second-order valence-corrected chi connectivity index (χ2v) is 5.02. The van der Waals surface area contributed by atoms with Crippen molar-refractivity contribution in [3.05, 3.63) is 57.8 Å². The molecular formula is C14H12O3S. The number of hydrogen-bond acceptors (Lipinski definition) is 3. The molecule has 3 nitrogen and oxygen atoms in total. The van der Waals surface area contributed by atoms with E-state index in [-0.39, 0.29) is 12.2 Å². The van der Waals surface area contributed by atoms with E-state index in [1.807, 2.05) is 24.3 Å². The van der Waals surface area contributed by atoms with Crippen molar-refractivity contribution in [1.82, 2.24) is 0 Å². The van der Waals surface area contributed by atoms with E-state index in [0.717, 1.165) is 4.88 Å². The molecule has 0 aliphatic rings. The number of hydrogen-bond donors (Lipinski definition) is 1. The average molecular weight is 260 g/mol. The van der Waals surface area contributed by atoms with Gasteiger partial charge in [0.2, 0.25) is 5.78 Å². The molecule has 2 aromatic rings. The molecule has 0 aliphatic carbocycles. The monoisotopic (exact) mass is 260 g/mol. The van der Waals surface area contributed by atoms with Gasteiger partial charge in [0.25, 0.3) is 0 Å². The van der Waals surface area contributed by atoms with E-state index in [9.17, 15) is 9.59 Å². The molecular weight excluding hydrogens is 248 g/mol. The Morgan fingerprint density at radius 1 is 1.06 bits per heavy atom. The number of aliphatic carboxylic acids is 1. The highest BCUT2D eigenvalue weighted by molar-refractivity contribution is 7.14. The molecule has 0 saturated carbocycles. The smallest absolute Gasteiger partial charge is 0.303 e. The molecule has 0 fully saturated rings. The summed E-state index contributed by atoms with van der Waals surface area (Å²) in [4.78, 5) is 24.1. The molecule has 0 radical (unpaired) electrons. The average Bonchev–Trinajstić information content (AvgIpc) is 2.85. The molecule has 1 heterocycles. The molecule has 1 N–H and O–H groups in total. The quantitative estimate of drug-likeness (QED) is 0.841. The van der Waals surface area contributed by atoms with Gasteiger partial charge in [-0.3, -0.25) is 9.59 Å². The number of rotatable bonds is 5. The SMILES string of the molecule is O=C(O)CCc1ccc(C(=O)c2ccccc2)s1. The molecule has 1 aromatic carbocycles. The Morgan fingerprint density at radius 3 is 2.44 bits per heavy atom. The Balaban J connectivity index is 2.10. The predicted molar refractivity (Wildman–Crippen MR) is 70.2 cm³/mol.